The first-order chi connectivity index (χ1) is 9.13. The second kappa shape index (κ2) is 6.27. The molecule has 0 saturated carbocycles. The predicted octanol–water partition coefficient (Wildman–Crippen LogP) is 3.74. The van der Waals surface area contributed by atoms with Gasteiger partial charge in [0.05, 0.1) is 15.1 Å². The smallest absolute Gasteiger partial charge is 0.172 e. The molecule has 0 atom stereocenters. The lowest BCUT2D eigenvalue weighted by atomic mass is 10.2. The summed E-state index contributed by atoms with van der Waals surface area (Å²) in [4.78, 5) is 5.03. The van der Waals surface area contributed by atoms with Gasteiger partial charge in [-0.15, -0.1) is 0 Å². The number of nitrogens with two attached hydrogens (primary N) is 1. The molecule has 0 aliphatic heterocycles. The summed E-state index contributed by atoms with van der Waals surface area (Å²) in [5.41, 5.74) is 6.15. The van der Waals surface area contributed by atoms with E-state index in [0.29, 0.717) is 10.6 Å². The molecule has 3 N–H and O–H groups in total. The van der Waals surface area contributed by atoms with E-state index in [2.05, 4.69) is 26.1 Å². The van der Waals surface area contributed by atoms with Crippen LogP contribution in [0, 0.1) is 0 Å². The molecule has 2 rings (SSSR count). The van der Waals surface area contributed by atoms with E-state index in [-0.39, 0.29) is 5.84 Å². The fourth-order valence-corrected chi connectivity index (χ4v) is 3.21. The van der Waals surface area contributed by atoms with Crippen LogP contribution in [0.5, 0.6) is 0 Å². The normalized spacial score (nSPS) is 11.6. The van der Waals surface area contributed by atoms with Crippen molar-refractivity contribution in [1.82, 2.24) is 4.98 Å². The van der Waals surface area contributed by atoms with Crippen LogP contribution in [0.4, 0.5) is 0 Å². The van der Waals surface area contributed by atoms with Crippen molar-refractivity contribution >= 4 is 45.1 Å². The SMILES string of the molecule is NC(=NO)c1c(Cl)cccc1Sc1ncccc1Br. The molecule has 2 aromatic rings. The van der Waals surface area contributed by atoms with Crippen LogP contribution in [-0.2, 0) is 0 Å². The quantitative estimate of drug-likeness (QED) is 0.379. The maximum atomic E-state index is 8.83. The average Bonchev–Trinajstić information content (AvgIpc) is 2.41. The van der Waals surface area contributed by atoms with E-state index >= 15 is 0 Å². The highest BCUT2D eigenvalue weighted by atomic mass is 79.9. The fraction of sp³-hybridized carbons (Fsp3) is 0. The number of aromatic nitrogens is 1. The molecular weight excluding hydrogens is 350 g/mol. The largest absolute Gasteiger partial charge is 0.409 e. The summed E-state index contributed by atoms with van der Waals surface area (Å²) in [5, 5.41) is 13.0. The minimum absolute atomic E-state index is 0.0276. The predicted molar refractivity (Wildman–Crippen MR) is 80.0 cm³/mol. The molecule has 0 amide bonds. The van der Waals surface area contributed by atoms with Gasteiger partial charge in [0.1, 0.15) is 5.03 Å². The zero-order valence-electron chi connectivity index (χ0n) is 9.55. The molecule has 0 aliphatic carbocycles. The first-order valence-corrected chi connectivity index (χ1v) is 7.17. The first kappa shape index (κ1) is 14.2. The van der Waals surface area contributed by atoms with Crippen molar-refractivity contribution in [2.24, 2.45) is 10.9 Å². The highest BCUT2D eigenvalue weighted by Crippen LogP contribution is 2.35. The first-order valence-electron chi connectivity index (χ1n) is 5.18. The molecule has 0 unspecified atom stereocenters. The van der Waals surface area contributed by atoms with Crippen LogP contribution in [0.15, 0.2) is 56.1 Å². The number of hydrogen-bond acceptors (Lipinski definition) is 4. The van der Waals surface area contributed by atoms with Gasteiger partial charge in [0.15, 0.2) is 5.84 Å². The van der Waals surface area contributed by atoms with E-state index in [1.165, 1.54) is 11.8 Å². The summed E-state index contributed by atoms with van der Waals surface area (Å²) in [7, 11) is 0. The van der Waals surface area contributed by atoms with Gasteiger partial charge in [-0.05, 0) is 40.2 Å². The van der Waals surface area contributed by atoms with Crippen LogP contribution in [0.3, 0.4) is 0 Å². The van der Waals surface area contributed by atoms with E-state index < -0.39 is 0 Å². The zero-order valence-corrected chi connectivity index (χ0v) is 12.7. The van der Waals surface area contributed by atoms with Crippen molar-refractivity contribution in [2.75, 3.05) is 0 Å². The Hall–Kier alpha value is -1.24. The van der Waals surface area contributed by atoms with Crippen LogP contribution < -0.4 is 5.73 Å². The molecule has 1 aromatic heterocycles. The van der Waals surface area contributed by atoms with Gasteiger partial charge in [0.2, 0.25) is 0 Å². The Bertz CT molecular complexity index is 636. The van der Waals surface area contributed by atoms with E-state index in [9.17, 15) is 0 Å². The third-order valence-electron chi connectivity index (χ3n) is 2.27. The third kappa shape index (κ3) is 3.20. The Morgan fingerprint density at radius 2 is 2.16 bits per heavy atom. The Kier molecular flexibility index (Phi) is 4.68. The van der Waals surface area contributed by atoms with Gasteiger partial charge in [-0.3, -0.25) is 0 Å². The van der Waals surface area contributed by atoms with Crippen molar-refractivity contribution in [3.63, 3.8) is 0 Å². The molecule has 0 fully saturated rings. The van der Waals surface area contributed by atoms with Gasteiger partial charge in [0, 0.05) is 11.1 Å². The summed E-state index contributed by atoms with van der Waals surface area (Å²) in [6.07, 6.45) is 1.70. The van der Waals surface area contributed by atoms with Gasteiger partial charge in [0.25, 0.3) is 0 Å². The highest BCUT2D eigenvalue weighted by molar-refractivity contribution is 9.10. The van der Waals surface area contributed by atoms with Crippen LogP contribution >= 0.6 is 39.3 Å². The molecule has 0 radical (unpaired) electrons. The topological polar surface area (TPSA) is 71.5 Å². The van der Waals surface area contributed by atoms with E-state index in [0.717, 1.165) is 14.4 Å². The van der Waals surface area contributed by atoms with Crippen molar-refractivity contribution < 1.29 is 5.21 Å². The standard InChI is InChI=1S/C12H9BrClN3OS/c13-7-3-2-6-16-12(7)19-9-5-1-4-8(14)10(9)11(15)17-18/h1-6,18H,(H2,15,17). The number of nitrogens with zero attached hydrogens (tertiary/aromatic N) is 2. The van der Waals surface area contributed by atoms with Gasteiger partial charge in [-0.2, -0.15) is 0 Å². The molecule has 0 saturated heterocycles. The van der Waals surface area contributed by atoms with Crippen LogP contribution in [0.1, 0.15) is 5.56 Å². The number of rotatable bonds is 3. The van der Waals surface area contributed by atoms with Crippen molar-refractivity contribution in [2.45, 2.75) is 9.92 Å². The van der Waals surface area contributed by atoms with Gasteiger partial charge < -0.3 is 10.9 Å². The minimum Gasteiger partial charge on any atom is -0.409 e. The highest BCUT2D eigenvalue weighted by Gasteiger charge is 2.14. The molecule has 0 bridgehead atoms. The number of halogens is 2. The second-order valence-corrected chi connectivity index (χ2v) is 5.78. The second-order valence-electron chi connectivity index (χ2n) is 3.49. The molecule has 0 spiro atoms. The molecule has 19 heavy (non-hydrogen) atoms. The van der Waals surface area contributed by atoms with Crippen LogP contribution in [0.2, 0.25) is 5.02 Å². The Morgan fingerprint density at radius 3 is 2.84 bits per heavy atom. The lowest BCUT2D eigenvalue weighted by Gasteiger charge is -2.09. The third-order valence-corrected chi connectivity index (χ3v) is 4.57. The molecule has 7 heteroatoms. The van der Waals surface area contributed by atoms with E-state index in [4.69, 9.17) is 22.5 Å². The molecule has 1 heterocycles. The Morgan fingerprint density at radius 1 is 1.37 bits per heavy atom. The number of amidine groups is 1. The number of oxime groups is 1. The summed E-state index contributed by atoms with van der Waals surface area (Å²) in [5.74, 6) is -0.0276. The summed E-state index contributed by atoms with van der Waals surface area (Å²) >= 11 is 10.9. The molecular formula is C12H9BrClN3OS. The number of pyridine rings is 1. The Labute approximate surface area is 127 Å². The minimum atomic E-state index is -0.0276. The molecule has 98 valence electrons. The van der Waals surface area contributed by atoms with E-state index in [1.807, 2.05) is 18.2 Å². The summed E-state index contributed by atoms with van der Waals surface area (Å²) < 4.78 is 0.866. The maximum absolute atomic E-state index is 8.83. The number of benzene rings is 1. The van der Waals surface area contributed by atoms with Gasteiger partial charge >= 0.3 is 0 Å². The van der Waals surface area contributed by atoms with Crippen molar-refractivity contribution in [3.05, 3.63) is 51.6 Å². The lowest BCUT2D eigenvalue weighted by Crippen LogP contribution is -2.14. The average molecular weight is 359 g/mol. The molecule has 0 aliphatic rings. The monoisotopic (exact) mass is 357 g/mol. The zero-order chi connectivity index (χ0) is 13.8. The summed E-state index contributed by atoms with van der Waals surface area (Å²) in [6, 6.07) is 9.05. The number of hydrogen-bond donors (Lipinski definition) is 2. The van der Waals surface area contributed by atoms with Crippen molar-refractivity contribution in [3.8, 4) is 0 Å². The van der Waals surface area contributed by atoms with Crippen LogP contribution in [0.25, 0.3) is 0 Å². The van der Waals surface area contributed by atoms with Crippen LogP contribution in [-0.4, -0.2) is 16.0 Å². The molecule has 4 nitrogen and oxygen atoms in total. The lowest BCUT2D eigenvalue weighted by molar-refractivity contribution is 0.318. The summed E-state index contributed by atoms with van der Waals surface area (Å²) in [6.45, 7) is 0. The van der Waals surface area contributed by atoms with Gasteiger partial charge in [-0.25, -0.2) is 4.98 Å². The van der Waals surface area contributed by atoms with Gasteiger partial charge in [-0.1, -0.05) is 34.6 Å². The Balaban J connectivity index is 2.47. The fourth-order valence-electron chi connectivity index (χ4n) is 1.44. The van der Waals surface area contributed by atoms with Crippen molar-refractivity contribution in [1.29, 1.82) is 0 Å². The maximum Gasteiger partial charge on any atom is 0.172 e. The molecule has 1 aromatic carbocycles. The van der Waals surface area contributed by atoms with E-state index in [1.54, 1.807) is 18.3 Å².